The summed E-state index contributed by atoms with van der Waals surface area (Å²) in [7, 11) is -9.48. The van der Waals surface area contributed by atoms with E-state index in [1.807, 2.05) is 72.8 Å². The predicted octanol–water partition coefficient (Wildman–Crippen LogP) is 19.4. The first kappa shape index (κ1) is 58.3. The van der Waals surface area contributed by atoms with E-state index < -0.39 is 59.0 Å². The molecule has 0 spiro atoms. The molecular weight excluding hydrogens is 935 g/mol. The van der Waals surface area contributed by atoms with Crippen LogP contribution in [0.25, 0.3) is 0 Å². The number of phosphoric ester groups is 2. The van der Waals surface area contributed by atoms with Crippen LogP contribution in [0.1, 0.15) is 211 Å². The third-order valence-electron chi connectivity index (χ3n) is 12.6. The van der Waals surface area contributed by atoms with Gasteiger partial charge in [0, 0.05) is 50.6 Å². The monoisotopic (exact) mass is 1020 g/mol. The zero-order valence-electron chi connectivity index (χ0n) is 48.4. The average molecular weight is 1020 g/mol. The molecule has 0 amide bonds. The van der Waals surface area contributed by atoms with E-state index in [0.29, 0.717) is 23.0 Å². The largest absolute Gasteiger partial charge is 0.647 e. The Kier molecular flexibility index (Phi) is 16.1. The maximum atomic E-state index is 16.2. The summed E-state index contributed by atoms with van der Waals surface area (Å²) < 4.78 is 73.5. The molecule has 5 rings (SSSR count). The Hall–Kier alpha value is -4.64. The Morgan fingerprint density at radius 1 is 0.250 bits per heavy atom. The molecule has 0 N–H and O–H groups in total. The van der Waals surface area contributed by atoms with Gasteiger partial charge >= 0.3 is 15.6 Å². The van der Waals surface area contributed by atoms with Gasteiger partial charge in [-0.3, -0.25) is 0 Å². The fourth-order valence-corrected chi connectivity index (χ4v) is 11.3. The summed E-state index contributed by atoms with van der Waals surface area (Å²) in [4.78, 5) is 0. The van der Waals surface area contributed by atoms with E-state index in [9.17, 15) is 0 Å². The van der Waals surface area contributed by atoms with Crippen LogP contribution in [0.4, 0.5) is 0 Å². The van der Waals surface area contributed by atoms with E-state index in [2.05, 4.69) is 166 Å². The molecule has 0 radical (unpaired) electrons. The van der Waals surface area contributed by atoms with Crippen molar-refractivity contribution < 1.29 is 36.3 Å². The van der Waals surface area contributed by atoms with Crippen molar-refractivity contribution >= 4 is 15.6 Å². The maximum absolute atomic E-state index is 16.2. The minimum absolute atomic E-state index is 0.0782. The zero-order valence-corrected chi connectivity index (χ0v) is 50.2. The molecule has 0 aliphatic rings. The van der Waals surface area contributed by atoms with Crippen LogP contribution >= 0.6 is 15.6 Å². The highest BCUT2D eigenvalue weighted by molar-refractivity contribution is 7.50. The van der Waals surface area contributed by atoms with Crippen LogP contribution in [0.5, 0.6) is 34.5 Å². The maximum Gasteiger partial charge on any atom is 0.647 e. The molecule has 0 atom stereocenters. The molecule has 0 heterocycles. The normalized spacial score (nSPS) is 13.7. The summed E-state index contributed by atoms with van der Waals surface area (Å²) >= 11 is 0. The number of hydrogen-bond donors (Lipinski definition) is 0. The molecule has 0 aromatic heterocycles. The van der Waals surface area contributed by atoms with Gasteiger partial charge in [-0.05, 0) is 55.5 Å². The Morgan fingerprint density at radius 2 is 0.403 bits per heavy atom. The topological polar surface area (TPSA) is 89.5 Å². The van der Waals surface area contributed by atoms with Crippen molar-refractivity contribution in [2.45, 2.75) is 209 Å². The van der Waals surface area contributed by atoms with Gasteiger partial charge in [0.1, 0.15) is 34.5 Å². The fraction of sp³-hybridized carbons (Fsp3) is 0.516. The molecule has 72 heavy (non-hydrogen) atoms. The number of phosphoric acid groups is 2. The summed E-state index contributed by atoms with van der Waals surface area (Å²) in [6.07, 6.45) is 0. The zero-order chi connectivity index (χ0) is 54.6. The Balaban J connectivity index is 1.79. The summed E-state index contributed by atoms with van der Waals surface area (Å²) in [6.45, 7) is 50.3. The van der Waals surface area contributed by atoms with Crippen LogP contribution in [0.15, 0.2) is 97.1 Å². The highest BCUT2D eigenvalue weighted by Crippen LogP contribution is 2.59. The van der Waals surface area contributed by atoms with Crippen molar-refractivity contribution in [3.05, 3.63) is 142 Å². The van der Waals surface area contributed by atoms with Crippen LogP contribution in [0, 0.1) is 0 Å². The molecule has 0 fully saturated rings. The third-order valence-corrected chi connectivity index (χ3v) is 15.1. The van der Waals surface area contributed by atoms with E-state index in [-0.39, 0.29) is 11.5 Å². The van der Waals surface area contributed by atoms with Crippen LogP contribution in [-0.2, 0) is 52.5 Å². The van der Waals surface area contributed by atoms with Gasteiger partial charge in [0.15, 0.2) is 0 Å². The highest BCUT2D eigenvalue weighted by atomic mass is 31.2. The number of rotatable bonds is 12. The van der Waals surface area contributed by atoms with Gasteiger partial charge < -0.3 is 27.1 Å². The first-order valence-electron chi connectivity index (χ1n) is 25.5. The number of benzene rings is 5. The number of para-hydroxylation sites is 4. The lowest BCUT2D eigenvalue weighted by Gasteiger charge is -2.33. The molecule has 0 saturated carbocycles. The molecule has 0 bridgehead atoms. The molecule has 5 aromatic rings. The second-order valence-electron chi connectivity index (χ2n) is 27.6. The van der Waals surface area contributed by atoms with Crippen molar-refractivity contribution in [1.29, 1.82) is 0 Å². The Labute approximate surface area is 435 Å². The summed E-state index contributed by atoms with van der Waals surface area (Å²) in [6, 6.07) is 30.5. The first-order chi connectivity index (χ1) is 32.4. The molecule has 8 nitrogen and oxygen atoms in total. The van der Waals surface area contributed by atoms with Crippen LogP contribution in [0.2, 0.25) is 0 Å². The molecule has 0 aliphatic carbocycles. The SMILES string of the molecule is CC(C)(C)c1cccc(C(C)(C)C)c1OP(=O)(Oc1cccc(OP(=O)(Oc2c(C(C)(C)C)cccc2C(C)(C)C)Oc2c(C(C)(C)C)cccc2C(C)(C)C)c1)Oc1c(C(C)(C)C)cccc1C(C)(C)C. The van der Waals surface area contributed by atoms with E-state index in [1.54, 1.807) is 18.2 Å². The Morgan fingerprint density at radius 3 is 0.556 bits per heavy atom. The molecule has 0 aliphatic heterocycles. The van der Waals surface area contributed by atoms with Gasteiger partial charge in [-0.2, -0.15) is 9.13 Å². The van der Waals surface area contributed by atoms with E-state index in [4.69, 9.17) is 27.1 Å². The molecular formula is C62H88O8P2. The van der Waals surface area contributed by atoms with Gasteiger partial charge in [-0.25, -0.2) is 0 Å². The molecule has 10 heteroatoms. The standard InChI is InChI=1S/C62H88O8P2/c1-55(2,3)43-32-26-33-44(56(4,5)6)51(43)67-71(63,68-52-45(57(7,8)9)34-27-35-46(52)58(10,11)12)65-41-30-25-31-42(40-41)66-72(64,69-53-47(59(13,14)15)36-28-37-48(53)60(16,17)18)70-54-49(61(19,20)21)38-29-39-50(54)62(22,23)24/h25-40H,1-24H3. The smallest absolute Gasteiger partial charge is 0.386 e. The average Bonchev–Trinajstić information content (AvgIpc) is 3.17. The molecule has 394 valence electrons. The van der Waals surface area contributed by atoms with Gasteiger partial charge in [-0.1, -0.05) is 245 Å². The van der Waals surface area contributed by atoms with Gasteiger partial charge in [-0.15, -0.1) is 0 Å². The van der Waals surface area contributed by atoms with Crippen molar-refractivity contribution in [1.82, 2.24) is 0 Å². The van der Waals surface area contributed by atoms with E-state index in [1.165, 1.54) is 6.07 Å². The Bertz CT molecular complexity index is 2350. The summed E-state index contributed by atoms with van der Waals surface area (Å²) in [5.41, 5.74) is 3.32. The molecule has 0 unspecified atom stereocenters. The van der Waals surface area contributed by atoms with Crippen LogP contribution in [-0.4, -0.2) is 0 Å². The second kappa shape index (κ2) is 19.9. The van der Waals surface area contributed by atoms with Crippen LogP contribution < -0.4 is 27.1 Å². The highest BCUT2D eigenvalue weighted by Gasteiger charge is 2.44. The van der Waals surface area contributed by atoms with E-state index in [0.717, 1.165) is 44.5 Å². The third kappa shape index (κ3) is 13.9. The lowest BCUT2D eigenvalue weighted by molar-refractivity contribution is 0.285. The molecule has 0 saturated heterocycles. The minimum Gasteiger partial charge on any atom is -0.386 e. The summed E-state index contributed by atoms with van der Waals surface area (Å²) in [5, 5.41) is 0. The number of hydrogen-bond acceptors (Lipinski definition) is 8. The second-order valence-corrected chi connectivity index (χ2v) is 30.5. The fourth-order valence-electron chi connectivity index (χ4n) is 8.67. The first-order valence-corrected chi connectivity index (χ1v) is 28.4. The lowest BCUT2D eigenvalue weighted by atomic mass is 9.79. The minimum atomic E-state index is -4.74. The van der Waals surface area contributed by atoms with Crippen molar-refractivity contribution in [2.24, 2.45) is 0 Å². The quantitative estimate of drug-likeness (QED) is 0.114. The van der Waals surface area contributed by atoms with Gasteiger partial charge in [0.05, 0.1) is 0 Å². The predicted molar refractivity (Wildman–Crippen MR) is 301 cm³/mol. The van der Waals surface area contributed by atoms with E-state index >= 15 is 9.13 Å². The van der Waals surface area contributed by atoms with Gasteiger partial charge in [0.2, 0.25) is 0 Å². The van der Waals surface area contributed by atoms with Gasteiger partial charge in [0.25, 0.3) is 0 Å². The lowest BCUT2D eigenvalue weighted by Crippen LogP contribution is -2.22. The molecule has 5 aromatic carbocycles. The van der Waals surface area contributed by atoms with Crippen molar-refractivity contribution in [3.63, 3.8) is 0 Å². The summed E-state index contributed by atoms with van der Waals surface area (Å²) in [5.74, 6) is 1.84. The van der Waals surface area contributed by atoms with Crippen molar-refractivity contribution in [3.8, 4) is 34.5 Å². The van der Waals surface area contributed by atoms with Crippen LogP contribution in [0.3, 0.4) is 0 Å². The van der Waals surface area contributed by atoms with Crippen molar-refractivity contribution in [2.75, 3.05) is 0 Å².